The number of aliphatic hydroxyl groups excluding tert-OH is 1. The van der Waals surface area contributed by atoms with Gasteiger partial charge in [0.1, 0.15) is 6.10 Å². The van der Waals surface area contributed by atoms with Gasteiger partial charge in [-0.1, -0.05) is 0 Å². The van der Waals surface area contributed by atoms with E-state index in [1.165, 1.54) is 34.1 Å². The molecule has 1 N–H and O–H groups in total. The minimum Gasteiger partial charge on any atom is -0.486 e. The molecule has 2 heterocycles. The van der Waals surface area contributed by atoms with Crippen LogP contribution in [0.3, 0.4) is 0 Å². The second-order valence-corrected chi connectivity index (χ2v) is 9.63. The topological polar surface area (TPSA) is 63.0 Å². The molecule has 0 bridgehead atoms. The lowest BCUT2D eigenvalue weighted by atomic mass is 10.0. The number of nitrogens with zero attached hydrogens (tertiary/aromatic N) is 4. The zero-order valence-corrected chi connectivity index (χ0v) is 20.1. The van der Waals surface area contributed by atoms with Gasteiger partial charge in [-0.25, -0.2) is 4.39 Å². The van der Waals surface area contributed by atoms with Crippen molar-refractivity contribution in [2.45, 2.75) is 44.3 Å². The van der Waals surface area contributed by atoms with Crippen LogP contribution in [0.5, 0.6) is 5.75 Å². The van der Waals surface area contributed by atoms with E-state index >= 15 is 0 Å². The molecule has 2 saturated heterocycles. The van der Waals surface area contributed by atoms with Crippen LogP contribution < -0.4 is 14.5 Å². The summed E-state index contributed by atoms with van der Waals surface area (Å²) in [5.41, 5.74) is -2.50. The maximum absolute atomic E-state index is 15.0. The van der Waals surface area contributed by atoms with Crippen molar-refractivity contribution in [2.24, 2.45) is 0 Å². The number of likely N-dealkylation sites (tertiary alicyclic amines) is 1. The van der Waals surface area contributed by atoms with Crippen molar-refractivity contribution in [1.82, 2.24) is 4.90 Å². The molecule has 6 nitrogen and oxygen atoms in total. The Kier molecular flexibility index (Phi) is 6.42. The summed E-state index contributed by atoms with van der Waals surface area (Å²) in [5, 5.41) is 20.1. The third-order valence-corrected chi connectivity index (χ3v) is 6.75. The van der Waals surface area contributed by atoms with E-state index in [1.807, 2.05) is 7.05 Å². The fourth-order valence-corrected chi connectivity index (χ4v) is 5.04. The van der Waals surface area contributed by atoms with Crippen molar-refractivity contribution in [3.8, 4) is 11.8 Å². The molecule has 186 valence electrons. The molecule has 2 unspecified atom stereocenters. The molecule has 0 aromatic heterocycles. The summed E-state index contributed by atoms with van der Waals surface area (Å²) in [6.45, 7) is 4.85. The molecule has 0 amide bonds. The number of halogens is 4. The summed E-state index contributed by atoms with van der Waals surface area (Å²) < 4.78 is 61.3. The summed E-state index contributed by atoms with van der Waals surface area (Å²) in [4.78, 5) is 4.75. The molecule has 0 radical (unpaired) electrons. The Bertz CT molecular complexity index is 1200. The monoisotopic (exact) mass is 508 g/mol. The first-order chi connectivity index (χ1) is 16.3. The van der Waals surface area contributed by atoms with Crippen LogP contribution in [0.1, 0.15) is 31.4 Å². The molecular weight excluding hydrogens is 484 g/mol. The molecule has 4 rings (SSSR count). The van der Waals surface area contributed by atoms with Gasteiger partial charge in [-0.3, -0.25) is 4.90 Å². The van der Waals surface area contributed by atoms with Crippen LogP contribution in [-0.4, -0.2) is 53.1 Å². The number of ether oxygens (including phenoxy) is 1. The van der Waals surface area contributed by atoms with Crippen molar-refractivity contribution >= 4 is 28.7 Å². The third kappa shape index (κ3) is 4.53. The highest BCUT2D eigenvalue weighted by Gasteiger charge is 2.50. The average molecular weight is 509 g/mol. The largest absolute Gasteiger partial charge is 0.486 e. The molecular formula is C24H24F4N4O2S. The molecule has 0 spiro atoms. The van der Waals surface area contributed by atoms with Gasteiger partial charge in [0.25, 0.3) is 0 Å². The Morgan fingerprint density at radius 2 is 1.86 bits per heavy atom. The van der Waals surface area contributed by atoms with Crippen LogP contribution in [-0.2, 0) is 6.18 Å². The SMILES string of the molecule is CN1CCC(Oc2ccc(N3C(=S)N(c4ccc(C#N)c(C(F)(F)F)c4)C(O)C3(C)C)cc2F)C1. The zero-order valence-electron chi connectivity index (χ0n) is 19.3. The van der Waals surface area contributed by atoms with Gasteiger partial charge in [0.15, 0.2) is 22.9 Å². The number of thiocarbonyl (C=S) groups is 1. The Hall–Kier alpha value is -2.94. The molecule has 2 aromatic carbocycles. The highest BCUT2D eigenvalue weighted by Crippen LogP contribution is 2.42. The quantitative estimate of drug-likeness (QED) is 0.482. The smallest absolute Gasteiger partial charge is 0.417 e. The predicted molar refractivity (Wildman–Crippen MR) is 127 cm³/mol. The van der Waals surface area contributed by atoms with Crippen LogP contribution in [0.15, 0.2) is 36.4 Å². The summed E-state index contributed by atoms with van der Waals surface area (Å²) in [6.07, 6.45) is -5.46. The van der Waals surface area contributed by atoms with Crippen LogP contribution in [0.2, 0.25) is 0 Å². The molecule has 2 aliphatic heterocycles. The lowest BCUT2D eigenvalue weighted by molar-refractivity contribution is -0.137. The number of benzene rings is 2. The number of hydrogen-bond acceptors (Lipinski definition) is 5. The van der Waals surface area contributed by atoms with Crippen LogP contribution in [0.4, 0.5) is 28.9 Å². The number of hydrogen-bond donors (Lipinski definition) is 1. The van der Waals surface area contributed by atoms with Crippen molar-refractivity contribution in [3.05, 3.63) is 53.3 Å². The fourth-order valence-electron chi connectivity index (χ4n) is 4.49. The molecule has 11 heteroatoms. The van der Waals surface area contributed by atoms with E-state index in [2.05, 4.69) is 4.90 Å². The number of likely N-dealkylation sites (N-methyl/N-ethyl adjacent to an activating group) is 1. The second-order valence-electron chi connectivity index (χ2n) is 9.26. The van der Waals surface area contributed by atoms with Gasteiger partial charge in [0.2, 0.25) is 0 Å². The first-order valence-electron chi connectivity index (χ1n) is 10.9. The Balaban J connectivity index is 1.66. The Labute approximate surface area is 205 Å². The van der Waals surface area contributed by atoms with Gasteiger partial charge in [0, 0.05) is 30.5 Å². The number of alkyl halides is 3. The van der Waals surface area contributed by atoms with Gasteiger partial charge in [-0.05, 0) is 69.9 Å². The van der Waals surface area contributed by atoms with Crippen molar-refractivity contribution in [3.63, 3.8) is 0 Å². The zero-order chi connectivity index (χ0) is 25.7. The number of aliphatic hydroxyl groups is 1. The first-order valence-corrected chi connectivity index (χ1v) is 11.3. The Morgan fingerprint density at radius 1 is 1.17 bits per heavy atom. The average Bonchev–Trinajstić information content (AvgIpc) is 3.26. The van der Waals surface area contributed by atoms with Crippen molar-refractivity contribution in [1.29, 1.82) is 5.26 Å². The highest BCUT2D eigenvalue weighted by molar-refractivity contribution is 7.80. The van der Waals surface area contributed by atoms with Crippen LogP contribution in [0.25, 0.3) is 0 Å². The van der Waals surface area contributed by atoms with E-state index in [0.29, 0.717) is 12.2 Å². The summed E-state index contributed by atoms with van der Waals surface area (Å²) in [6, 6.07) is 8.96. The van der Waals surface area contributed by atoms with Gasteiger partial charge in [-0.15, -0.1) is 0 Å². The Morgan fingerprint density at radius 3 is 2.43 bits per heavy atom. The van der Waals surface area contributed by atoms with Gasteiger partial charge < -0.3 is 19.6 Å². The fraction of sp³-hybridized carbons (Fsp3) is 0.417. The second kappa shape index (κ2) is 8.93. The van der Waals surface area contributed by atoms with Gasteiger partial charge >= 0.3 is 6.18 Å². The van der Waals surface area contributed by atoms with E-state index in [1.54, 1.807) is 19.9 Å². The minimum absolute atomic E-state index is 0.00850. The molecule has 0 saturated carbocycles. The molecule has 2 atom stereocenters. The highest BCUT2D eigenvalue weighted by atomic mass is 32.1. The van der Waals surface area contributed by atoms with E-state index in [9.17, 15) is 22.7 Å². The maximum Gasteiger partial charge on any atom is 0.417 e. The van der Waals surface area contributed by atoms with E-state index in [-0.39, 0.29) is 22.7 Å². The normalized spacial score (nSPS) is 22.5. The minimum atomic E-state index is -4.77. The van der Waals surface area contributed by atoms with Crippen molar-refractivity contribution < 1.29 is 27.4 Å². The summed E-state index contributed by atoms with van der Waals surface area (Å²) in [5.74, 6) is -0.516. The molecule has 2 aliphatic rings. The number of anilines is 2. The van der Waals surface area contributed by atoms with Gasteiger partial charge in [-0.2, -0.15) is 18.4 Å². The van der Waals surface area contributed by atoms with Crippen molar-refractivity contribution in [2.75, 3.05) is 29.9 Å². The van der Waals surface area contributed by atoms with Gasteiger partial charge in [0.05, 0.1) is 22.7 Å². The van der Waals surface area contributed by atoms with E-state index in [4.69, 9.17) is 22.2 Å². The van der Waals surface area contributed by atoms with Crippen LogP contribution >= 0.6 is 12.2 Å². The van der Waals surface area contributed by atoms with E-state index in [0.717, 1.165) is 25.1 Å². The predicted octanol–water partition coefficient (Wildman–Crippen LogP) is 4.51. The maximum atomic E-state index is 15.0. The van der Waals surface area contributed by atoms with Crippen LogP contribution in [0, 0.1) is 17.1 Å². The first kappa shape index (κ1) is 25.2. The number of rotatable bonds is 4. The lowest BCUT2D eigenvalue weighted by Gasteiger charge is -2.33. The molecule has 2 fully saturated rings. The lowest BCUT2D eigenvalue weighted by Crippen LogP contribution is -2.47. The summed E-state index contributed by atoms with van der Waals surface area (Å²) >= 11 is 5.54. The molecule has 0 aliphatic carbocycles. The summed E-state index contributed by atoms with van der Waals surface area (Å²) in [7, 11) is 1.96. The third-order valence-electron chi connectivity index (χ3n) is 6.37. The standard InChI is InChI=1S/C24H24F4N4O2S/c1-23(2)21(33)31(15-5-4-14(12-29)18(10-15)24(26,27)28)22(35)32(23)16-6-7-20(19(25)11-16)34-17-8-9-30(3)13-17/h4-7,10-11,17,21,33H,8-9,13H2,1-3H3. The van der Waals surface area contributed by atoms with E-state index < -0.39 is 34.9 Å². The molecule has 2 aromatic rings. The molecule has 35 heavy (non-hydrogen) atoms. The number of nitriles is 1.